The first-order valence-corrected chi connectivity index (χ1v) is 12.3. The number of sulfonamides is 1. The van der Waals surface area contributed by atoms with Crippen LogP contribution in [0.15, 0.2) is 71.6 Å². The van der Waals surface area contributed by atoms with Crippen molar-refractivity contribution >= 4 is 44.8 Å². The van der Waals surface area contributed by atoms with Crippen molar-refractivity contribution < 1.29 is 22.7 Å². The number of anilines is 1. The highest BCUT2D eigenvalue weighted by atomic mass is 35.5. The Kier molecular flexibility index (Phi) is 7.09. The molecule has 0 saturated carbocycles. The minimum atomic E-state index is -3.98. The van der Waals surface area contributed by atoms with Gasteiger partial charge in [-0.1, -0.05) is 35.3 Å². The maximum Gasteiger partial charge on any atom is 0.261 e. The lowest BCUT2D eigenvalue weighted by atomic mass is 10.1. The van der Waals surface area contributed by atoms with Gasteiger partial charge in [0.05, 0.1) is 34.4 Å². The molecule has 4 rings (SSSR count). The van der Waals surface area contributed by atoms with Gasteiger partial charge in [0.2, 0.25) is 0 Å². The molecule has 10 heteroatoms. The number of rotatable bonds is 6. The van der Waals surface area contributed by atoms with E-state index in [1.807, 2.05) is 0 Å². The summed E-state index contributed by atoms with van der Waals surface area (Å²) < 4.78 is 39.5. The van der Waals surface area contributed by atoms with Crippen molar-refractivity contribution in [3.8, 4) is 11.5 Å². The predicted molar refractivity (Wildman–Crippen MR) is 127 cm³/mol. The van der Waals surface area contributed by atoms with Gasteiger partial charge >= 0.3 is 0 Å². The summed E-state index contributed by atoms with van der Waals surface area (Å²) in [5.74, 6) is 0.569. The Bertz CT molecular complexity index is 1260. The van der Waals surface area contributed by atoms with E-state index in [0.29, 0.717) is 47.8 Å². The van der Waals surface area contributed by atoms with Crippen LogP contribution in [0.2, 0.25) is 10.0 Å². The standard InChI is InChI=1S/C23H20Cl2N2O5S/c24-16-5-10-21(19(15-16)23(28)27-11-13-31-14-12-27)26-33(29,30)18-8-6-17(7-9-18)32-22-4-2-1-3-20(22)25/h1-10,15,26H,11-14H2. The molecule has 0 aliphatic carbocycles. The number of morpholine rings is 1. The molecule has 172 valence electrons. The molecule has 1 aliphatic rings. The van der Waals surface area contributed by atoms with Gasteiger partial charge in [-0.15, -0.1) is 0 Å². The van der Waals surface area contributed by atoms with E-state index in [4.69, 9.17) is 32.7 Å². The number of nitrogens with zero attached hydrogens (tertiary/aromatic N) is 1. The Hall–Kier alpha value is -2.78. The Labute approximate surface area is 201 Å². The average Bonchev–Trinajstić information content (AvgIpc) is 2.82. The van der Waals surface area contributed by atoms with Crippen LogP contribution in [0.5, 0.6) is 11.5 Å². The maximum atomic E-state index is 13.0. The summed E-state index contributed by atoms with van der Waals surface area (Å²) in [5.41, 5.74) is 0.318. The van der Waals surface area contributed by atoms with Crippen LogP contribution in [-0.2, 0) is 14.8 Å². The van der Waals surface area contributed by atoms with Gasteiger partial charge < -0.3 is 14.4 Å². The molecule has 0 radical (unpaired) electrons. The van der Waals surface area contributed by atoms with E-state index in [1.165, 1.54) is 42.5 Å². The Morgan fingerprint density at radius 3 is 2.36 bits per heavy atom. The summed E-state index contributed by atoms with van der Waals surface area (Å²) >= 11 is 12.2. The molecular formula is C23H20Cl2N2O5S. The second-order valence-electron chi connectivity index (χ2n) is 7.20. The molecule has 1 heterocycles. The van der Waals surface area contributed by atoms with Crippen molar-refractivity contribution in [1.82, 2.24) is 4.90 Å². The molecule has 0 spiro atoms. The Morgan fingerprint density at radius 2 is 1.67 bits per heavy atom. The third-order valence-corrected chi connectivity index (χ3v) is 6.88. The van der Waals surface area contributed by atoms with Gasteiger partial charge in [-0.2, -0.15) is 0 Å². The number of para-hydroxylation sites is 1. The second-order valence-corrected chi connectivity index (χ2v) is 9.73. The Balaban J connectivity index is 1.55. The van der Waals surface area contributed by atoms with Gasteiger partial charge in [-0.25, -0.2) is 8.42 Å². The van der Waals surface area contributed by atoms with Crippen LogP contribution in [0.3, 0.4) is 0 Å². The fourth-order valence-electron chi connectivity index (χ4n) is 3.26. The zero-order chi connectivity index (χ0) is 23.4. The van der Waals surface area contributed by atoms with E-state index in [9.17, 15) is 13.2 Å². The minimum Gasteiger partial charge on any atom is -0.456 e. The molecular weight excluding hydrogens is 487 g/mol. The van der Waals surface area contributed by atoms with Crippen LogP contribution in [-0.4, -0.2) is 45.5 Å². The highest BCUT2D eigenvalue weighted by Crippen LogP contribution is 2.30. The number of carbonyl (C=O) groups excluding carboxylic acids is 1. The SMILES string of the molecule is O=C(c1cc(Cl)ccc1NS(=O)(=O)c1ccc(Oc2ccccc2Cl)cc1)N1CCOCC1. The van der Waals surface area contributed by atoms with Crippen LogP contribution in [0, 0.1) is 0 Å². The molecule has 1 aliphatic heterocycles. The first kappa shape index (κ1) is 23.4. The van der Waals surface area contributed by atoms with Gasteiger partial charge in [0.25, 0.3) is 15.9 Å². The molecule has 0 aromatic heterocycles. The topological polar surface area (TPSA) is 84.9 Å². The van der Waals surface area contributed by atoms with E-state index in [1.54, 1.807) is 29.2 Å². The molecule has 7 nitrogen and oxygen atoms in total. The molecule has 1 fully saturated rings. The fourth-order valence-corrected chi connectivity index (χ4v) is 4.69. The average molecular weight is 507 g/mol. The first-order valence-electron chi connectivity index (χ1n) is 10.1. The van der Waals surface area contributed by atoms with Gasteiger partial charge in [0.1, 0.15) is 11.5 Å². The number of ether oxygens (including phenoxy) is 2. The largest absolute Gasteiger partial charge is 0.456 e. The third kappa shape index (κ3) is 5.59. The van der Waals surface area contributed by atoms with Crippen LogP contribution in [0.4, 0.5) is 5.69 Å². The quantitative estimate of drug-likeness (QED) is 0.504. The summed E-state index contributed by atoms with van der Waals surface area (Å²) in [6.45, 7) is 1.70. The number of benzene rings is 3. The number of nitrogens with one attached hydrogen (secondary N) is 1. The minimum absolute atomic E-state index is 0.00808. The van der Waals surface area contributed by atoms with E-state index in [2.05, 4.69) is 4.72 Å². The molecule has 3 aromatic rings. The molecule has 0 atom stereocenters. The lowest BCUT2D eigenvalue weighted by molar-refractivity contribution is 0.0303. The predicted octanol–water partition coefficient (Wildman–Crippen LogP) is 5.06. The number of halogens is 2. The van der Waals surface area contributed by atoms with Crippen molar-refractivity contribution in [3.05, 3.63) is 82.3 Å². The lowest BCUT2D eigenvalue weighted by Crippen LogP contribution is -2.41. The van der Waals surface area contributed by atoms with E-state index >= 15 is 0 Å². The van der Waals surface area contributed by atoms with Crippen molar-refractivity contribution in [3.63, 3.8) is 0 Å². The van der Waals surface area contributed by atoms with Crippen LogP contribution >= 0.6 is 23.2 Å². The molecule has 3 aromatic carbocycles. The fraction of sp³-hybridized carbons (Fsp3) is 0.174. The molecule has 1 N–H and O–H groups in total. The summed E-state index contributed by atoms with van der Waals surface area (Å²) in [4.78, 5) is 14.6. The van der Waals surface area contributed by atoms with Crippen molar-refractivity contribution in [1.29, 1.82) is 0 Å². The maximum absolute atomic E-state index is 13.0. The normalized spacial score (nSPS) is 14.1. The number of hydrogen-bond donors (Lipinski definition) is 1. The van der Waals surface area contributed by atoms with E-state index in [0.717, 1.165) is 0 Å². The summed E-state index contributed by atoms with van der Waals surface area (Å²) in [6, 6.07) is 17.3. The van der Waals surface area contributed by atoms with Crippen molar-refractivity contribution in [2.75, 3.05) is 31.0 Å². The zero-order valence-electron chi connectivity index (χ0n) is 17.3. The molecule has 0 unspecified atom stereocenters. The van der Waals surface area contributed by atoms with Gasteiger partial charge in [0, 0.05) is 18.1 Å². The summed E-state index contributed by atoms with van der Waals surface area (Å²) in [7, 11) is -3.98. The smallest absolute Gasteiger partial charge is 0.261 e. The second kappa shape index (κ2) is 10.0. The molecule has 1 saturated heterocycles. The van der Waals surface area contributed by atoms with Gasteiger partial charge in [0.15, 0.2) is 0 Å². The van der Waals surface area contributed by atoms with E-state index in [-0.39, 0.29) is 22.1 Å². The molecule has 33 heavy (non-hydrogen) atoms. The molecule has 1 amide bonds. The summed E-state index contributed by atoms with van der Waals surface area (Å²) in [5, 5.41) is 0.770. The van der Waals surface area contributed by atoms with Crippen molar-refractivity contribution in [2.45, 2.75) is 4.90 Å². The molecule has 0 bridgehead atoms. The number of carbonyl (C=O) groups is 1. The zero-order valence-corrected chi connectivity index (χ0v) is 19.7. The van der Waals surface area contributed by atoms with Gasteiger partial charge in [-0.05, 0) is 54.6 Å². The number of amides is 1. The highest BCUT2D eigenvalue weighted by Gasteiger charge is 2.24. The van der Waals surface area contributed by atoms with E-state index < -0.39 is 10.0 Å². The Morgan fingerprint density at radius 1 is 0.970 bits per heavy atom. The van der Waals surface area contributed by atoms with Crippen molar-refractivity contribution in [2.24, 2.45) is 0 Å². The monoisotopic (exact) mass is 506 g/mol. The number of hydrogen-bond acceptors (Lipinski definition) is 5. The highest BCUT2D eigenvalue weighted by molar-refractivity contribution is 7.92. The summed E-state index contributed by atoms with van der Waals surface area (Å²) in [6.07, 6.45) is 0. The van der Waals surface area contributed by atoms with Crippen LogP contribution < -0.4 is 9.46 Å². The van der Waals surface area contributed by atoms with Crippen LogP contribution in [0.25, 0.3) is 0 Å². The lowest BCUT2D eigenvalue weighted by Gasteiger charge is -2.27. The van der Waals surface area contributed by atoms with Gasteiger partial charge in [-0.3, -0.25) is 9.52 Å². The third-order valence-electron chi connectivity index (χ3n) is 4.95. The van der Waals surface area contributed by atoms with Crippen LogP contribution in [0.1, 0.15) is 10.4 Å². The first-order chi connectivity index (χ1) is 15.8.